The summed E-state index contributed by atoms with van der Waals surface area (Å²) in [5.41, 5.74) is 0.191. The summed E-state index contributed by atoms with van der Waals surface area (Å²) in [6.45, 7) is 0.475. The van der Waals surface area contributed by atoms with Gasteiger partial charge in [0, 0.05) is 13.7 Å². The fourth-order valence-corrected chi connectivity index (χ4v) is 1.55. The van der Waals surface area contributed by atoms with E-state index in [0.717, 1.165) is 6.07 Å². The molecule has 0 aromatic heterocycles. The maximum absolute atomic E-state index is 13.0. The number of nitrogens with one attached hydrogen (secondary N) is 2. The van der Waals surface area contributed by atoms with E-state index >= 15 is 0 Å². The van der Waals surface area contributed by atoms with Crippen LogP contribution in [-0.4, -0.2) is 37.5 Å². The Morgan fingerprint density at radius 3 is 3.00 bits per heavy atom. The van der Waals surface area contributed by atoms with Crippen LogP contribution in [0.3, 0.4) is 0 Å². The average Bonchev–Trinajstić information content (AvgIpc) is 2.34. The lowest BCUT2D eigenvalue weighted by molar-refractivity contribution is 0.0599. The first-order chi connectivity index (χ1) is 9.02. The molecule has 19 heavy (non-hydrogen) atoms. The number of methoxy groups -OCH3 is 1. The Bertz CT molecular complexity index is 431. The van der Waals surface area contributed by atoms with E-state index < -0.39 is 18.0 Å². The largest absolute Gasteiger partial charge is 0.391 e. The standard InChI is InChI=1S/C12H16ClFN2O3/c1-19-7-9(17)4-5-15-12(18)16-11-6-8(14)2-3-10(11)13/h2-3,6,9,17H,4-5,7H2,1H3,(H2,15,16,18). The van der Waals surface area contributed by atoms with E-state index in [-0.39, 0.29) is 23.9 Å². The van der Waals surface area contributed by atoms with Crippen molar-refractivity contribution in [2.24, 2.45) is 0 Å². The van der Waals surface area contributed by atoms with E-state index in [0.29, 0.717) is 6.42 Å². The van der Waals surface area contributed by atoms with Gasteiger partial charge in [-0.25, -0.2) is 9.18 Å². The summed E-state index contributed by atoms with van der Waals surface area (Å²) in [6, 6.07) is 3.17. The van der Waals surface area contributed by atoms with Gasteiger partial charge in [-0.2, -0.15) is 0 Å². The zero-order valence-electron chi connectivity index (χ0n) is 10.5. The zero-order chi connectivity index (χ0) is 14.3. The van der Waals surface area contributed by atoms with Crippen LogP contribution in [-0.2, 0) is 4.74 Å². The molecular formula is C12H16ClFN2O3. The molecule has 0 aliphatic rings. The van der Waals surface area contributed by atoms with E-state index in [9.17, 15) is 14.3 Å². The van der Waals surface area contributed by atoms with Crippen molar-refractivity contribution in [3.05, 3.63) is 29.0 Å². The molecule has 0 spiro atoms. The van der Waals surface area contributed by atoms with Crippen LogP contribution in [0.4, 0.5) is 14.9 Å². The van der Waals surface area contributed by atoms with Crippen molar-refractivity contribution >= 4 is 23.3 Å². The Morgan fingerprint density at radius 1 is 1.58 bits per heavy atom. The molecule has 1 rings (SSSR count). The maximum atomic E-state index is 13.0. The number of carbonyl (C=O) groups excluding carboxylic acids is 1. The number of anilines is 1. The van der Waals surface area contributed by atoms with E-state index in [1.54, 1.807) is 0 Å². The van der Waals surface area contributed by atoms with Gasteiger partial charge in [0.1, 0.15) is 5.82 Å². The minimum absolute atomic E-state index is 0.191. The van der Waals surface area contributed by atoms with Gasteiger partial charge < -0.3 is 20.5 Å². The molecule has 0 bridgehead atoms. The van der Waals surface area contributed by atoms with E-state index in [1.165, 1.54) is 19.2 Å². The first-order valence-electron chi connectivity index (χ1n) is 5.70. The highest BCUT2D eigenvalue weighted by Crippen LogP contribution is 2.22. The highest BCUT2D eigenvalue weighted by molar-refractivity contribution is 6.33. The quantitative estimate of drug-likeness (QED) is 0.750. The third-order valence-corrected chi connectivity index (χ3v) is 2.63. The molecule has 0 aliphatic heterocycles. The van der Waals surface area contributed by atoms with Gasteiger partial charge in [-0.15, -0.1) is 0 Å². The number of urea groups is 1. The Morgan fingerprint density at radius 2 is 2.32 bits per heavy atom. The van der Waals surface area contributed by atoms with Crippen molar-refractivity contribution in [1.29, 1.82) is 0 Å². The van der Waals surface area contributed by atoms with Crippen LogP contribution in [0.15, 0.2) is 18.2 Å². The highest BCUT2D eigenvalue weighted by Gasteiger charge is 2.08. The molecular weight excluding hydrogens is 275 g/mol. The number of aliphatic hydroxyl groups is 1. The minimum Gasteiger partial charge on any atom is -0.391 e. The fraction of sp³-hybridized carbons (Fsp3) is 0.417. The van der Waals surface area contributed by atoms with Gasteiger partial charge >= 0.3 is 6.03 Å². The highest BCUT2D eigenvalue weighted by atomic mass is 35.5. The van der Waals surface area contributed by atoms with Gasteiger partial charge in [0.2, 0.25) is 0 Å². The first kappa shape index (κ1) is 15.7. The Labute approximate surface area is 115 Å². The SMILES string of the molecule is COCC(O)CCNC(=O)Nc1cc(F)ccc1Cl. The van der Waals surface area contributed by atoms with E-state index in [1.807, 2.05) is 0 Å². The molecule has 1 unspecified atom stereocenters. The van der Waals surface area contributed by atoms with Crippen LogP contribution in [0.5, 0.6) is 0 Å². The monoisotopic (exact) mass is 290 g/mol. The summed E-state index contributed by atoms with van der Waals surface area (Å²) >= 11 is 5.80. The van der Waals surface area contributed by atoms with Crippen LogP contribution in [0.2, 0.25) is 5.02 Å². The van der Waals surface area contributed by atoms with E-state index in [4.69, 9.17) is 16.3 Å². The van der Waals surface area contributed by atoms with Gasteiger partial charge in [0.25, 0.3) is 0 Å². The molecule has 1 aromatic rings. The van der Waals surface area contributed by atoms with Gasteiger partial charge in [-0.1, -0.05) is 11.6 Å². The molecule has 0 radical (unpaired) electrons. The van der Waals surface area contributed by atoms with Gasteiger partial charge in [-0.3, -0.25) is 0 Å². The van der Waals surface area contributed by atoms with Crippen molar-refractivity contribution < 1.29 is 19.0 Å². The average molecular weight is 291 g/mol. The topological polar surface area (TPSA) is 70.6 Å². The Balaban J connectivity index is 2.37. The number of carbonyl (C=O) groups is 1. The van der Waals surface area contributed by atoms with Gasteiger partial charge in [-0.05, 0) is 24.6 Å². The number of ether oxygens (including phenoxy) is 1. The van der Waals surface area contributed by atoms with Crippen LogP contribution in [0.25, 0.3) is 0 Å². The van der Waals surface area contributed by atoms with E-state index in [2.05, 4.69) is 10.6 Å². The Hall–Kier alpha value is -1.37. The van der Waals surface area contributed by atoms with Crippen LogP contribution in [0, 0.1) is 5.82 Å². The summed E-state index contributed by atoms with van der Waals surface area (Å²) in [6.07, 6.45) is -0.277. The number of halogens is 2. The molecule has 7 heteroatoms. The summed E-state index contributed by atoms with van der Waals surface area (Å²) in [4.78, 5) is 11.5. The molecule has 106 valence electrons. The molecule has 2 amide bonds. The summed E-state index contributed by atoms with van der Waals surface area (Å²) in [5, 5.41) is 14.6. The smallest absolute Gasteiger partial charge is 0.319 e. The molecule has 0 fully saturated rings. The normalized spacial score (nSPS) is 12.0. The van der Waals surface area contributed by atoms with Crippen molar-refractivity contribution in [3.63, 3.8) is 0 Å². The van der Waals surface area contributed by atoms with Gasteiger partial charge in [0.05, 0.1) is 23.4 Å². The number of benzene rings is 1. The van der Waals surface area contributed by atoms with Crippen molar-refractivity contribution in [2.75, 3.05) is 25.6 Å². The van der Waals surface area contributed by atoms with Crippen LogP contribution in [0.1, 0.15) is 6.42 Å². The first-order valence-corrected chi connectivity index (χ1v) is 6.07. The second kappa shape index (κ2) is 7.93. The molecule has 5 nitrogen and oxygen atoms in total. The van der Waals surface area contributed by atoms with Gasteiger partial charge in [0.15, 0.2) is 0 Å². The number of hydrogen-bond acceptors (Lipinski definition) is 3. The fourth-order valence-electron chi connectivity index (χ4n) is 1.39. The number of aliphatic hydroxyl groups excluding tert-OH is 1. The summed E-state index contributed by atoms with van der Waals surface area (Å²) in [5.74, 6) is -0.491. The minimum atomic E-state index is -0.636. The number of hydrogen-bond donors (Lipinski definition) is 3. The molecule has 0 aliphatic carbocycles. The lowest BCUT2D eigenvalue weighted by Gasteiger charge is -2.11. The lowest BCUT2D eigenvalue weighted by atomic mass is 10.2. The summed E-state index contributed by atoms with van der Waals surface area (Å²) < 4.78 is 17.7. The van der Waals surface area contributed by atoms with Crippen molar-refractivity contribution in [1.82, 2.24) is 5.32 Å². The Kier molecular flexibility index (Phi) is 6.55. The lowest BCUT2D eigenvalue weighted by Crippen LogP contribution is -2.32. The zero-order valence-corrected chi connectivity index (χ0v) is 11.2. The number of amides is 2. The van der Waals surface area contributed by atoms with Crippen LogP contribution >= 0.6 is 11.6 Å². The molecule has 3 N–H and O–H groups in total. The molecule has 1 atom stereocenters. The van der Waals surface area contributed by atoms with Crippen molar-refractivity contribution in [3.8, 4) is 0 Å². The summed E-state index contributed by atoms with van der Waals surface area (Å²) in [7, 11) is 1.48. The molecule has 0 saturated heterocycles. The molecule has 0 heterocycles. The molecule has 0 saturated carbocycles. The third kappa shape index (κ3) is 5.87. The molecule has 1 aromatic carbocycles. The second-order valence-electron chi connectivity index (χ2n) is 3.90. The number of rotatable bonds is 6. The maximum Gasteiger partial charge on any atom is 0.319 e. The van der Waals surface area contributed by atoms with Crippen molar-refractivity contribution in [2.45, 2.75) is 12.5 Å². The second-order valence-corrected chi connectivity index (χ2v) is 4.31. The third-order valence-electron chi connectivity index (χ3n) is 2.30. The predicted molar refractivity (Wildman–Crippen MR) is 70.9 cm³/mol. The van der Waals surface area contributed by atoms with Crippen LogP contribution < -0.4 is 10.6 Å². The predicted octanol–water partition coefficient (Wildman–Crippen LogP) is 2.00.